The van der Waals surface area contributed by atoms with Gasteiger partial charge >= 0.3 is 0 Å². The Labute approximate surface area is 165 Å². The van der Waals surface area contributed by atoms with Gasteiger partial charge in [-0.25, -0.2) is 0 Å². The average Bonchev–Trinajstić information content (AvgIpc) is 3.24. The predicted molar refractivity (Wildman–Crippen MR) is 110 cm³/mol. The summed E-state index contributed by atoms with van der Waals surface area (Å²) in [4.78, 5) is 0. The molecule has 0 saturated heterocycles. The molecule has 0 heterocycles. The van der Waals surface area contributed by atoms with Crippen LogP contribution in [0.25, 0.3) is 0 Å². The molecule has 0 amide bonds. The first-order valence-corrected chi connectivity index (χ1v) is 9.69. The van der Waals surface area contributed by atoms with Crippen molar-refractivity contribution in [3.05, 3.63) is 96.1 Å². The molecule has 0 aliphatic heterocycles. The van der Waals surface area contributed by atoms with Gasteiger partial charge in [0.2, 0.25) is 0 Å². The molecule has 3 atom stereocenters. The average molecular weight is 379 g/mol. The van der Waals surface area contributed by atoms with Crippen molar-refractivity contribution in [2.45, 2.75) is 24.8 Å². The van der Waals surface area contributed by atoms with Crippen molar-refractivity contribution < 1.29 is 9.47 Å². The smallest absolute Gasteiger partial charge is 0.127 e. The Kier molecular flexibility index (Phi) is 5.20. The first-order chi connectivity index (χ1) is 13.2. The number of ether oxygens (including phenoxy) is 2. The fourth-order valence-electron chi connectivity index (χ4n) is 3.60. The maximum absolute atomic E-state index is 6.59. The van der Waals surface area contributed by atoms with Gasteiger partial charge in [-0.15, -0.1) is 11.6 Å². The lowest BCUT2D eigenvalue weighted by Gasteiger charge is -2.13. The highest BCUT2D eigenvalue weighted by Crippen LogP contribution is 2.62. The quantitative estimate of drug-likeness (QED) is 0.442. The summed E-state index contributed by atoms with van der Waals surface area (Å²) in [7, 11) is 0. The minimum absolute atomic E-state index is 0.0128. The fraction of sp³-hybridized carbons (Fsp3) is 0.250. The van der Waals surface area contributed by atoms with Crippen LogP contribution in [0.1, 0.15) is 24.0 Å². The van der Waals surface area contributed by atoms with Crippen LogP contribution in [0.2, 0.25) is 0 Å². The van der Waals surface area contributed by atoms with E-state index in [2.05, 4.69) is 37.3 Å². The first-order valence-electron chi connectivity index (χ1n) is 9.25. The largest absolute Gasteiger partial charge is 0.457 e. The summed E-state index contributed by atoms with van der Waals surface area (Å²) in [6, 6.07) is 28.3. The molecule has 3 aromatic rings. The highest BCUT2D eigenvalue weighted by molar-refractivity contribution is 6.24. The second kappa shape index (κ2) is 7.75. The van der Waals surface area contributed by atoms with Crippen molar-refractivity contribution in [3.63, 3.8) is 0 Å². The Balaban J connectivity index is 1.34. The minimum Gasteiger partial charge on any atom is -0.457 e. The summed E-state index contributed by atoms with van der Waals surface area (Å²) in [5, 5.41) is 0.118. The highest BCUT2D eigenvalue weighted by Gasteiger charge is 2.61. The van der Waals surface area contributed by atoms with Crippen molar-refractivity contribution in [1.29, 1.82) is 0 Å². The number of benzene rings is 3. The molecule has 4 rings (SSSR count). The molecule has 0 unspecified atom stereocenters. The third kappa shape index (κ3) is 4.02. The lowest BCUT2D eigenvalue weighted by Crippen LogP contribution is -2.10. The van der Waals surface area contributed by atoms with Crippen molar-refractivity contribution in [2.75, 3.05) is 6.61 Å². The van der Waals surface area contributed by atoms with E-state index in [4.69, 9.17) is 21.1 Å². The van der Waals surface area contributed by atoms with E-state index in [0.717, 1.165) is 17.1 Å². The second-order valence-corrected chi connectivity index (χ2v) is 7.82. The van der Waals surface area contributed by atoms with E-state index in [1.807, 2.05) is 54.6 Å². The van der Waals surface area contributed by atoms with Crippen molar-refractivity contribution in [3.8, 4) is 11.5 Å². The molecule has 0 radical (unpaired) electrons. The monoisotopic (exact) mass is 378 g/mol. The van der Waals surface area contributed by atoms with Crippen LogP contribution in [-0.4, -0.2) is 12.0 Å². The Bertz CT molecular complexity index is 881. The molecule has 3 aromatic carbocycles. The van der Waals surface area contributed by atoms with Crippen LogP contribution >= 0.6 is 11.6 Å². The van der Waals surface area contributed by atoms with Crippen LogP contribution in [-0.2, 0) is 11.3 Å². The Morgan fingerprint density at radius 1 is 0.852 bits per heavy atom. The molecule has 1 aliphatic carbocycles. The summed E-state index contributed by atoms with van der Waals surface area (Å²) >= 11 is 6.59. The Morgan fingerprint density at radius 2 is 1.52 bits per heavy atom. The molecule has 1 fully saturated rings. The molecule has 1 saturated carbocycles. The molecular formula is C24H23ClO2. The van der Waals surface area contributed by atoms with Crippen LogP contribution in [0.5, 0.6) is 11.5 Å². The number of hydrogen-bond donors (Lipinski definition) is 0. The predicted octanol–water partition coefficient (Wildman–Crippen LogP) is 6.41. The summed E-state index contributed by atoms with van der Waals surface area (Å²) < 4.78 is 11.9. The lowest BCUT2D eigenvalue weighted by atomic mass is 10.0. The molecule has 3 heteroatoms. The van der Waals surface area contributed by atoms with E-state index < -0.39 is 0 Å². The van der Waals surface area contributed by atoms with Crippen molar-refractivity contribution in [1.82, 2.24) is 0 Å². The topological polar surface area (TPSA) is 18.5 Å². The van der Waals surface area contributed by atoms with Gasteiger partial charge in [-0.3, -0.25) is 0 Å². The van der Waals surface area contributed by atoms with Gasteiger partial charge in [-0.05, 0) is 35.4 Å². The van der Waals surface area contributed by atoms with Crippen molar-refractivity contribution in [2.24, 2.45) is 5.41 Å². The van der Waals surface area contributed by atoms with Gasteiger partial charge in [0.1, 0.15) is 11.5 Å². The van der Waals surface area contributed by atoms with Crippen LogP contribution in [0.4, 0.5) is 0 Å². The lowest BCUT2D eigenvalue weighted by molar-refractivity contribution is 0.0823. The first kappa shape index (κ1) is 18.1. The highest BCUT2D eigenvalue weighted by atomic mass is 35.5. The molecule has 2 nitrogen and oxygen atoms in total. The zero-order chi connectivity index (χ0) is 18.7. The molecular weight excluding hydrogens is 356 g/mol. The van der Waals surface area contributed by atoms with Gasteiger partial charge in [0.05, 0.1) is 13.2 Å². The number of alkyl halides is 1. The third-order valence-corrected chi connectivity index (χ3v) is 5.99. The van der Waals surface area contributed by atoms with Gasteiger partial charge in [0, 0.05) is 16.7 Å². The zero-order valence-corrected chi connectivity index (χ0v) is 16.1. The van der Waals surface area contributed by atoms with E-state index in [1.54, 1.807) is 0 Å². The second-order valence-electron chi connectivity index (χ2n) is 7.35. The van der Waals surface area contributed by atoms with E-state index >= 15 is 0 Å². The van der Waals surface area contributed by atoms with Crippen LogP contribution < -0.4 is 4.74 Å². The SMILES string of the molecule is C[C@]1(COCc2cccc(Oc3ccccc3)c2)[C@@H](Cl)[C@@H]1c1ccccc1. The van der Waals surface area contributed by atoms with Gasteiger partial charge < -0.3 is 9.47 Å². The van der Waals surface area contributed by atoms with Gasteiger partial charge in [-0.2, -0.15) is 0 Å². The summed E-state index contributed by atoms with van der Waals surface area (Å²) in [5.74, 6) is 2.00. The van der Waals surface area contributed by atoms with Crippen molar-refractivity contribution >= 4 is 11.6 Å². The number of para-hydroxylation sites is 1. The van der Waals surface area contributed by atoms with E-state index in [-0.39, 0.29) is 10.8 Å². The Hall–Kier alpha value is -2.29. The summed E-state index contributed by atoms with van der Waals surface area (Å²) in [6.07, 6.45) is 0. The molecule has 27 heavy (non-hydrogen) atoms. The maximum atomic E-state index is 6.59. The van der Waals surface area contributed by atoms with Gasteiger partial charge in [0.25, 0.3) is 0 Å². The molecule has 1 aliphatic rings. The van der Waals surface area contributed by atoms with Crippen LogP contribution in [0, 0.1) is 5.41 Å². The summed E-state index contributed by atoms with van der Waals surface area (Å²) in [6.45, 7) is 3.40. The van der Waals surface area contributed by atoms with E-state index in [0.29, 0.717) is 19.1 Å². The van der Waals surface area contributed by atoms with E-state index in [9.17, 15) is 0 Å². The molecule has 0 N–H and O–H groups in total. The molecule has 138 valence electrons. The van der Waals surface area contributed by atoms with Crippen LogP contribution in [0.3, 0.4) is 0 Å². The summed E-state index contributed by atoms with van der Waals surface area (Å²) in [5.41, 5.74) is 2.37. The molecule has 0 aromatic heterocycles. The number of hydrogen-bond acceptors (Lipinski definition) is 2. The molecule has 0 bridgehead atoms. The minimum atomic E-state index is -0.0128. The maximum Gasteiger partial charge on any atom is 0.127 e. The fourth-order valence-corrected chi connectivity index (χ4v) is 4.16. The van der Waals surface area contributed by atoms with Crippen LogP contribution in [0.15, 0.2) is 84.9 Å². The van der Waals surface area contributed by atoms with E-state index in [1.165, 1.54) is 5.56 Å². The van der Waals surface area contributed by atoms with Gasteiger partial charge in [0.15, 0.2) is 0 Å². The zero-order valence-electron chi connectivity index (χ0n) is 15.3. The third-order valence-electron chi connectivity index (χ3n) is 5.24. The Morgan fingerprint density at radius 3 is 2.26 bits per heavy atom. The molecule has 0 spiro atoms. The number of rotatable bonds is 7. The standard InChI is InChI=1S/C24H23ClO2/c1-24(22(23(24)25)19-10-4-2-5-11-19)17-26-16-18-9-8-14-21(15-18)27-20-12-6-3-7-13-20/h2-15,22-23H,16-17H2,1H3/t22-,23-,24+/m0/s1. The number of halogens is 1. The normalized spacial score (nSPS) is 23.8. The van der Waals surface area contributed by atoms with Gasteiger partial charge in [-0.1, -0.05) is 67.6 Å².